The first-order valence-corrected chi connectivity index (χ1v) is 8.56. The summed E-state index contributed by atoms with van der Waals surface area (Å²) in [7, 11) is 0. The highest BCUT2D eigenvalue weighted by atomic mass is 32.2. The fourth-order valence-electron chi connectivity index (χ4n) is 2.14. The number of para-hydroxylation sites is 1. The summed E-state index contributed by atoms with van der Waals surface area (Å²) in [5, 5.41) is 2.03. The van der Waals surface area contributed by atoms with E-state index in [0.717, 1.165) is 16.1 Å². The van der Waals surface area contributed by atoms with Crippen molar-refractivity contribution in [2.45, 2.75) is 13.8 Å². The highest BCUT2D eigenvalue weighted by Crippen LogP contribution is 2.37. The van der Waals surface area contributed by atoms with Crippen LogP contribution in [0.15, 0.2) is 40.6 Å². The summed E-state index contributed by atoms with van der Waals surface area (Å²) in [6.07, 6.45) is 1.94. The molecule has 0 aliphatic carbocycles. The first kappa shape index (κ1) is 14.5. The molecule has 1 fully saturated rings. The van der Waals surface area contributed by atoms with E-state index < -0.39 is 0 Å². The van der Waals surface area contributed by atoms with Crippen molar-refractivity contribution >= 4 is 57.3 Å². The van der Waals surface area contributed by atoms with E-state index in [1.54, 1.807) is 16.2 Å². The average Bonchev–Trinajstić information content (AvgIpc) is 2.97. The maximum Gasteiger partial charge on any atom is 0.270 e. The standard InChI is InChI=1S/C16H13NOS3/c1-10-5-3-4-6-12(10)17-15(18)14(21-16(17)19)9-13-11(2)7-8-20-13/h3-9H,1-2H3/b14-9+. The SMILES string of the molecule is Cc1ccccc1N1C(=O)/C(=C\c2sccc2C)SC1=S. The van der Waals surface area contributed by atoms with Crippen LogP contribution in [-0.4, -0.2) is 10.2 Å². The van der Waals surface area contributed by atoms with E-state index in [2.05, 4.69) is 6.07 Å². The number of carbonyl (C=O) groups excluding carboxylic acids is 1. The van der Waals surface area contributed by atoms with E-state index in [4.69, 9.17) is 12.2 Å². The van der Waals surface area contributed by atoms with Gasteiger partial charge in [0.1, 0.15) is 0 Å². The van der Waals surface area contributed by atoms with Crippen molar-refractivity contribution in [3.63, 3.8) is 0 Å². The Hall–Kier alpha value is -1.43. The Labute approximate surface area is 137 Å². The highest BCUT2D eigenvalue weighted by Gasteiger charge is 2.34. The van der Waals surface area contributed by atoms with E-state index in [0.29, 0.717) is 9.23 Å². The maximum atomic E-state index is 12.7. The Balaban J connectivity index is 1.99. The van der Waals surface area contributed by atoms with Crippen molar-refractivity contribution in [2.75, 3.05) is 4.90 Å². The number of hydrogen-bond donors (Lipinski definition) is 0. The van der Waals surface area contributed by atoms with E-state index in [9.17, 15) is 4.79 Å². The van der Waals surface area contributed by atoms with E-state index >= 15 is 0 Å². The van der Waals surface area contributed by atoms with Crippen LogP contribution in [0.5, 0.6) is 0 Å². The topological polar surface area (TPSA) is 20.3 Å². The van der Waals surface area contributed by atoms with Crippen LogP contribution in [0, 0.1) is 13.8 Å². The van der Waals surface area contributed by atoms with Crippen molar-refractivity contribution in [1.82, 2.24) is 0 Å². The van der Waals surface area contributed by atoms with Crippen molar-refractivity contribution in [1.29, 1.82) is 0 Å². The van der Waals surface area contributed by atoms with E-state index in [1.807, 2.05) is 49.6 Å². The summed E-state index contributed by atoms with van der Waals surface area (Å²) in [6.45, 7) is 4.03. The van der Waals surface area contributed by atoms with Gasteiger partial charge >= 0.3 is 0 Å². The number of anilines is 1. The van der Waals surface area contributed by atoms with Crippen LogP contribution >= 0.6 is 35.3 Å². The van der Waals surface area contributed by atoms with Gasteiger partial charge in [-0.05, 0) is 48.6 Å². The molecule has 2 aromatic rings. The van der Waals surface area contributed by atoms with Crippen molar-refractivity contribution in [3.8, 4) is 0 Å². The molecule has 1 aromatic heterocycles. The molecule has 2 heterocycles. The second-order valence-electron chi connectivity index (χ2n) is 4.77. The first-order valence-electron chi connectivity index (χ1n) is 6.45. The smallest absolute Gasteiger partial charge is 0.268 e. The molecule has 1 aliphatic rings. The Kier molecular flexibility index (Phi) is 3.97. The number of thioether (sulfide) groups is 1. The van der Waals surface area contributed by atoms with Gasteiger partial charge in [0.15, 0.2) is 4.32 Å². The molecule has 0 N–H and O–H groups in total. The molecule has 0 radical (unpaired) electrons. The lowest BCUT2D eigenvalue weighted by Gasteiger charge is -2.16. The van der Waals surface area contributed by atoms with Crippen LogP contribution in [-0.2, 0) is 4.79 Å². The van der Waals surface area contributed by atoms with Crippen LogP contribution in [0.2, 0.25) is 0 Å². The fourth-order valence-corrected chi connectivity index (χ4v) is 4.34. The molecule has 0 bridgehead atoms. The van der Waals surface area contributed by atoms with Crippen LogP contribution in [0.3, 0.4) is 0 Å². The molecule has 1 amide bonds. The number of thiophene rings is 1. The summed E-state index contributed by atoms with van der Waals surface area (Å²) in [6, 6.07) is 9.86. The highest BCUT2D eigenvalue weighted by molar-refractivity contribution is 8.27. The van der Waals surface area contributed by atoms with Crippen LogP contribution in [0.4, 0.5) is 5.69 Å². The van der Waals surface area contributed by atoms with Gasteiger partial charge in [-0.1, -0.05) is 42.2 Å². The summed E-state index contributed by atoms with van der Waals surface area (Å²) < 4.78 is 0.592. The quantitative estimate of drug-likeness (QED) is 0.584. The molecule has 1 aliphatic heterocycles. The molecule has 5 heteroatoms. The third-order valence-corrected chi connectivity index (χ3v) is 5.58. The number of aryl methyl sites for hydroxylation is 2. The largest absolute Gasteiger partial charge is 0.270 e. The number of rotatable bonds is 2. The number of carbonyl (C=O) groups is 1. The van der Waals surface area contributed by atoms with Crippen LogP contribution in [0.25, 0.3) is 6.08 Å². The van der Waals surface area contributed by atoms with Crippen LogP contribution in [0.1, 0.15) is 16.0 Å². The number of benzene rings is 1. The maximum absolute atomic E-state index is 12.7. The van der Waals surface area contributed by atoms with Crippen LogP contribution < -0.4 is 4.90 Å². The van der Waals surface area contributed by atoms with Crippen molar-refractivity contribution < 1.29 is 4.79 Å². The minimum Gasteiger partial charge on any atom is -0.268 e. The Morgan fingerprint density at radius 2 is 1.90 bits per heavy atom. The Morgan fingerprint density at radius 3 is 2.57 bits per heavy atom. The molecule has 0 saturated carbocycles. The lowest BCUT2D eigenvalue weighted by Crippen LogP contribution is -2.28. The van der Waals surface area contributed by atoms with E-state index in [1.165, 1.54) is 17.3 Å². The average molecular weight is 331 g/mol. The number of amides is 1. The predicted octanol–water partition coefficient (Wildman–Crippen LogP) is 4.77. The lowest BCUT2D eigenvalue weighted by atomic mass is 10.2. The van der Waals surface area contributed by atoms with Gasteiger partial charge in [-0.2, -0.15) is 0 Å². The monoisotopic (exact) mass is 331 g/mol. The normalized spacial score (nSPS) is 17.0. The summed E-state index contributed by atoms with van der Waals surface area (Å²) in [5.74, 6) is -0.0351. The third-order valence-electron chi connectivity index (χ3n) is 3.31. The molecule has 0 atom stereocenters. The predicted molar refractivity (Wildman–Crippen MR) is 95.9 cm³/mol. The number of hydrogen-bond acceptors (Lipinski definition) is 4. The van der Waals surface area contributed by atoms with E-state index in [-0.39, 0.29) is 5.91 Å². The number of nitrogens with zero attached hydrogens (tertiary/aromatic N) is 1. The second kappa shape index (κ2) is 5.75. The zero-order valence-corrected chi connectivity index (χ0v) is 14.1. The molecule has 3 rings (SSSR count). The molecular weight excluding hydrogens is 318 g/mol. The fraction of sp³-hybridized carbons (Fsp3) is 0.125. The third kappa shape index (κ3) is 2.69. The first-order chi connectivity index (χ1) is 10.1. The molecule has 0 spiro atoms. The van der Waals surface area contributed by atoms with Gasteiger partial charge in [0.05, 0.1) is 10.6 Å². The minimum absolute atomic E-state index is 0.0351. The minimum atomic E-state index is -0.0351. The van der Waals surface area contributed by atoms with Gasteiger partial charge in [-0.15, -0.1) is 11.3 Å². The summed E-state index contributed by atoms with van der Waals surface area (Å²) in [4.78, 5) is 16.1. The molecule has 1 aromatic carbocycles. The van der Waals surface area contributed by atoms with Gasteiger partial charge < -0.3 is 0 Å². The molecule has 106 valence electrons. The number of thiocarbonyl (C=S) groups is 1. The van der Waals surface area contributed by atoms with Gasteiger partial charge in [0, 0.05) is 4.88 Å². The lowest BCUT2D eigenvalue weighted by molar-refractivity contribution is -0.113. The van der Waals surface area contributed by atoms with Crippen molar-refractivity contribution in [2.24, 2.45) is 0 Å². The summed E-state index contributed by atoms with van der Waals surface area (Å²) in [5.41, 5.74) is 3.09. The van der Waals surface area contributed by atoms with Gasteiger partial charge in [-0.3, -0.25) is 9.69 Å². The van der Waals surface area contributed by atoms with Gasteiger partial charge in [0.2, 0.25) is 0 Å². The second-order valence-corrected chi connectivity index (χ2v) is 7.39. The molecule has 21 heavy (non-hydrogen) atoms. The van der Waals surface area contributed by atoms with Crippen molar-refractivity contribution in [3.05, 3.63) is 56.6 Å². The molecule has 0 unspecified atom stereocenters. The van der Waals surface area contributed by atoms with Gasteiger partial charge in [-0.25, -0.2) is 0 Å². The molecule has 2 nitrogen and oxygen atoms in total. The Morgan fingerprint density at radius 1 is 1.14 bits per heavy atom. The molecular formula is C16H13NOS3. The van der Waals surface area contributed by atoms with Gasteiger partial charge in [0.25, 0.3) is 5.91 Å². The zero-order chi connectivity index (χ0) is 15.0. The zero-order valence-electron chi connectivity index (χ0n) is 11.6. The summed E-state index contributed by atoms with van der Waals surface area (Å²) >= 11 is 8.40. The Bertz CT molecular complexity index is 760. The molecule has 1 saturated heterocycles.